The number of carbonyl (C=O) groups excluding carboxylic acids is 1. The second-order valence-electron chi connectivity index (χ2n) is 18.9. The molecule has 1 fully saturated rings. The van der Waals surface area contributed by atoms with Gasteiger partial charge in [0.2, 0.25) is 0 Å². The van der Waals surface area contributed by atoms with Gasteiger partial charge in [-0.05, 0) is 132 Å². The van der Waals surface area contributed by atoms with Crippen molar-refractivity contribution in [3.8, 4) is 10.4 Å². The number of hydrogen-bond acceptors (Lipinski definition) is 5. The lowest BCUT2D eigenvalue weighted by Gasteiger charge is -2.47. The maximum Gasteiger partial charge on any atom is 0.380 e. The fourth-order valence-corrected chi connectivity index (χ4v) is 15.5. The van der Waals surface area contributed by atoms with Crippen LogP contribution < -0.4 is 0 Å². The van der Waals surface area contributed by atoms with Gasteiger partial charge in [0.15, 0.2) is 5.78 Å². The third kappa shape index (κ3) is 6.62. The Morgan fingerprint density at radius 2 is 1.08 bits per heavy atom. The first-order valence-electron chi connectivity index (χ1n) is 22.5. The summed E-state index contributed by atoms with van der Waals surface area (Å²) in [5, 5.41) is 1.46. The minimum Gasteiger partial charge on any atom is -0.289 e. The lowest BCUT2D eigenvalue weighted by atomic mass is 9.71. The van der Waals surface area contributed by atoms with Gasteiger partial charge in [-0.15, -0.1) is 46.2 Å². The number of thiophene rings is 2. The molecule has 374 valence electrons. The SMILES string of the molecule is Cc1cc(C2=C(c3cc(-c4ccc(/C(=C/C=C5\C(=O)C=Cc6ccccc65)c5ccc(C6=CC7=C8C(=C9C=CSC9(C)C7(C)S6)C(F)(F)C(F)(F)C8(F)F)cc5)cc4)sc3C)C(F)(F)C(F)(F)C2(F)F)c(C)s1. The Kier molecular flexibility index (Phi) is 10.9. The quantitative estimate of drug-likeness (QED) is 0.119. The standard InChI is InChI=1S/C56H36F12OS4/c1-27-24-38(28(2)71-27)45-46(52(59,60)55(65,66)51(45,57)58)39-25-43(72-29(39)3)33-14-10-31(11-15-33)35(19-20-37-36-9-7-6-8-30(36)18-21-42(37)69)32-12-16-34(17-13-32)44-26-41-48-47(53(61,62)56(67,68)54(48,63)64)40-22-23-70-49(40,4)50(41,5)73-44/h6-26H,1-5H3/b35-19-,37-20-. The van der Waals surface area contributed by atoms with Crippen LogP contribution in [-0.4, -0.2) is 50.8 Å². The maximum absolute atomic E-state index is 15.8. The zero-order valence-corrected chi connectivity index (χ0v) is 42.0. The largest absolute Gasteiger partial charge is 0.380 e. The number of benzene rings is 3. The van der Waals surface area contributed by atoms with Gasteiger partial charge in [0.1, 0.15) is 0 Å². The molecule has 11 rings (SSSR count). The molecule has 0 spiro atoms. The molecule has 0 bridgehead atoms. The molecule has 2 aliphatic heterocycles. The van der Waals surface area contributed by atoms with E-state index in [0.717, 1.165) is 51.8 Å². The summed E-state index contributed by atoms with van der Waals surface area (Å²) < 4.78 is 184. The lowest BCUT2D eigenvalue weighted by molar-refractivity contribution is -0.258. The first-order chi connectivity index (χ1) is 34.1. The Bertz CT molecular complexity index is 3540. The molecule has 0 radical (unpaired) electrons. The van der Waals surface area contributed by atoms with E-state index in [1.807, 2.05) is 12.1 Å². The summed E-state index contributed by atoms with van der Waals surface area (Å²) in [6.45, 7) is 7.57. The zero-order chi connectivity index (χ0) is 52.4. The average molecular weight is 1080 g/mol. The fraction of sp³-hybridized carbons (Fsp3) is 0.232. The van der Waals surface area contributed by atoms with Crippen LogP contribution in [0.4, 0.5) is 52.7 Å². The molecule has 2 atom stereocenters. The molecular formula is C56H36F12OS4. The highest BCUT2D eigenvalue weighted by atomic mass is 32.2. The number of fused-ring (bicyclic) bond motifs is 5. The molecule has 4 aliphatic carbocycles. The molecular weight excluding hydrogens is 1040 g/mol. The lowest BCUT2D eigenvalue weighted by Crippen LogP contribution is -2.48. The van der Waals surface area contributed by atoms with E-state index in [1.165, 1.54) is 49.6 Å². The van der Waals surface area contributed by atoms with Crippen molar-refractivity contribution in [2.45, 2.75) is 79.6 Å². The third-order valence-electron chi connectivity index (χ3n) is 14.7. The molecule has 0 amide bonds. The van der Waals surface area contributed by atoms with E-state index >= 15 is 52.7 Å². The third-order valence-corrected chi connectivity index (χ3v) is 19.9. The molecule has 73 heavy (non-hydrogen) atoms. The van der Waals surface area contributed by atoms with Gasteiger partial charge in [0.25, 0.3) is 0 Å². The smallest absolute Gasteiger partial charge is 0.289 e. The molecule has 17 heteroatoms. The minimum atomic E-state index is -5.72. The molecule has 3 aromatic carbocycles. The summed E-state index contributed by atoms with van der Waals surface area (Å²) in [6.07, 6.45) is 9.04. The predicted octanol–water partition coefficient (Wildman–Crippen LogP) is 17.7. The van der Waals surface area contributed by atoms with E-state index < -0.39 is 72.9 Å². The Morgan fingerprint density at radius 1 is 0.548 bits per heavy atom. The minimum absolute atomic E-state index is 0.113. The number of thioether (sulfide) groups is 2. The molecule has 5 aromatic rings. The molecule has 2 aromatic heterocycles. The van der Waals surface area contributed by atoms with Gasteiger partial charge in [-0.3, -0.25) is 4.79 Å². The van der Waals surface area contributed by atoms with Gasteiger partial charge in [-0.25, -0.2) is 0 Å². The van der Waals surface area contributed by atoms with E-state index in [1.54, 1.807) is 99.7 Å². The number of halogens is 12. The average Bonchev–Trinajstić information content (AvgIpc) is 4.14. The van der Waals surface area contributed by atoms with Crippen molar-refractivity contribution in [1.29, 1.82) is 0 Å². The zero-order valence-electron chi connectivity index (χ0n) is 38.7. The number of hydrogen-bond donors (Lipinski definition) is 0. The number of ketones is 1. The summed E-state index contributed by atoms with van der Waals surface area (Å²) in [4.78, 5) is 14.8. The Labute approximate surface area is 427 Å². The van der Waals surface area contributed by atoms with E-state index in [-0.39, 0.29) is 32.2 Å². The highest BCUT2D eigenvalue weighted by molar-refractivity contribution is 8.12. The van der Waals surface area contributed by atoms with Gasteiger partial charge < -0.3 is 0 Å². The first-order valence-corrected chi connectivity index (χ1v) is 25.9. The van der Waals surface area contributed by atoms with Crippen LogP contribution in [0.2, 0.25) is 0 Å². The van der Waals surface area contributed by atoms with Gasteiger partial charge in [0, 0.05) is 52.3 Å². The predicted molar refractivity (Wildman–Crippen MR) is 270 cm³/mol. The topological polar surface area (TPSA) is 17.1 Å². The first kappa shape index (κ1) is 49.7. The van der Waals surface area contributed by atoms with E-state index in [2.05, 4.69) is 0 Å². The molecule has 1 nitrogen and oxygen atoms in total. The normalized spacial score (nSPS) is 26.2. The summed E-state index contributed by atoms with van der Waals surface area (Å²) >= 11 is 4.22. The van der Waals surface area contributed by atoms with Crippen molar-refractivity contribution < 1.29 is 57.5 Å². The monoisotopic (exact) mass is 1080 g/mol. The van der Waals surface area contributed by atoms with E-state index in [0.29, 0.717) is 53.6 Å². The number of carbonyl (C=O) groups is 1. The number of rotatable bonds is 7. The van der Waals surface area contributed by atoms with Gasteiger partial charge >= 0.3 is 35.5 Å². The molecule has 4 heterocycles. The number of allylic oxidation sites excluding steroid dienone is 10. The summed E-state index contributed by atoms with van der Waals surface area (Å²) in [5.74, 6) is -32.4. The van der Waals surface area contributed by atoms with Crippen molar-refractivity contribution >= 4 is 85.3 Å². The highest BCUT2D eigenvalue weighted by Crippen LogP contribution is 2.74. The van der Waals surface area contributed by atoms with Crippen LogP contribution in [0.15, 0.2) is 143 Å². The Hall–Kier alpha value is -5.49. The molecule has 0 N–H and O–H groups in total. The maximum atomic E-state index is 15.8. The van der Waals surface area contributed by atoms with Crippen LogP contribution in [-0.2, 0) is 4.79 Å². The van der Waals surface area contributed by atoms with Crippen LogP contribution in [0.1, 0.15) is 67.4 Å². The summed E-state index contributed by atoms with van der Waals surface area (Å²) in [5.41, 5.74) is -2.44. The Morgan fingerprint density at radius 3 is 1.67 bits per heavy atom. The van der Waals surface area contributed by atoms with Crippen molar-refractivity contribution in [3.05, 3.63) is 197 Å². The van der Waals surface area contributed by atoms with Crippen molar-refractivity contribution in [2.75, 3.05) is 0 Å². The van der Waals surface area contributed by atoms with Crippen molar-refractivity contribution in [2.24, 2.45) is 0 Å². The van der Waals surface area contributed by atoms with Gasteiger partial charge in [-0.1, -0.05) is 91.0 Å². The van der Waals surface area contributed by atoms with Crippen molar-refractivity contribution in [1.82, 2.24) is 0 Å². The fourth-order valence-electron chi connectivity index (χ4n) is 10.8. The van der Waals surface area contributed by atoms with E-state index in [9.17, 15) is 4.79 Å². The second kappa shape index (κ2) is 16.0. The molecule has 6 aliphatic rings. The molecule has 2 unspecified atom stereocenters. The van der Waals surface area contributed by atoms with E-state index in [4.69, 9.17) is 0 Å². The van der Waals surface area contributed by atoms with Crippen molar-refractivity contribution in [3.63, 3.8) is 0 Å². The molecule has 0 saturated heterocycles. The molecule has 1 saturated carbocycles. The Balaban J connectivity index is 0.992. The summed E-state index contributed by atoms with van der Waals surface area (Å²) in [6, 6.07) is 23.2. The second-order valence-corrected chi connectivity index (χ2v) is 24.4. The summed E-state index contributed by atoms with van der Waals surface area (Å²) in [7, 11) is 0. The highest BCUT2D eigenvalue weighted by Gasteiger charge is 2.84. The van der Waals surface area contributed by atoms with Crippen LogP contribution >= 0.6 is 46.2 Å². The number of aryl methyl sites for hydroxylation is 3. The number of alkyl halides is 12. The van der Waals surface area contributed by atoms with Crippen LogP contribution in [0.3, 0.4) is 0 Å². The van der Waals surface area contributed by atoms with Gasteiger partial charge in [-0.2, -0.15) is 52.7 Å². The van der Waals surface area contributed by atoms with Crippen LogP contribution in [0.25, 0.3) is 43.7 Å². The van der Waals surface area contributed by atoms with Crippen LogP contribution in [0.5, 0.6) is 0 Å². The van der Waals surface area contributed by atoms with Crippen LogP contribution in [0, 0.1) is 20.8 Å². The van der Waals surface area contributed by atoms with Gasteiger partial charge in [0.05, 0.1) is 9.49 Å².